The molecular weight excluding hydrogens is 284 g/mol. The van der Waals surface area contributed by atoms with E-state index in [2.05, 4.69) is 26.1 Å². The van der Waals surface area contributed by atoms with Crippen LogP contribution in [0, 0.1) is 0 Å². The lowest BCUT2D eigenvalue weighted by molar-refractivity contribution is 0.550. The lowest BCUT2D eigenvalue weighted by Gasteiger charge is -2.03. The van der Waals surface area contributed by atoms with E-state index in [1.54, 1.807) is 0 Å². The quantitative estimate of drug-likeness (QED) is 0.786. The van der Waals surface area contributed by atoms with Crippen molar-refractivity contribution in [2.75, 3.05) is 0 Å². The van der Waals surface area contributed by atoms with Gasteiger partial charge in [-0.1, -0.05) is 6.07 Å². The Bertz CT molecular complexity index is 673. The first-order valence-electron chi connectivity index (χ1n) is 5.08. The molecule has 2 N–H and O–H groups in total. The largest absolute Gasteiger partial charge is 0.446 e. The first-order valence-corrected chi connectivity index (χ1v) is 5.87. The van der Waals surface area contributed by atoms with Crippen LogP contribution >= 0.6 is 15.9 Å². The molecule has 0 aliphatic carbocycles. The molecule has 3 rings (SSSR count). The molecule has 86 valence electrons. The van der Waals surface area contributed by atoms with E-state index in [0.29, 0.717) is 22.8 Å². The highest BCUT2D eigenvalue weighted by Gasteiger charge is 2.13. The molecule has 0 aromatic carbocycles. The zero-order valence-corrected chi connectivity index (χ0v) is 10.4. The van der Waals surface area contributed by atoms with Crippen LogP contribution in [0.5, 0.6) is 0 Å². The van der Waals surface area contributed by atoms with Crippen molar-refractivity contribution in [3.05, 3.63) is 40.7 Å². The summed E-state index contributed by atoms with van der Waals surface area (Å²) in [6.45, 7) is 0.421. The van der Waals surface area contributed by atoms with Gasteiger partial charge in [0.05, 0.1) is 0 Å². The number of nitrogens with two attached hydrogens (primary N) is 1. The lowest BCUT2D eigenvalue weighted by Crippen LogP contribution is -2.04. The molecular formula is C11H9BrN4O. The SMILES string of the molecule is NCc1cccc2nnc(-c3ccc(Br)o3)n12. The van der Waals surface area contributed by atoms with Gasteiger partial charge in [0.1, 0.15) is 0 Å². The van der Waals surface area contributed by atoms with Crippen LogP contribution in [-0.4, -0.2) is 14.6 Å². The van der Waals surface area contributed by atoms with Gasteiger partial charge in [0.25, 0.3) is 0 Å². The smallest absolute Gasteiger partial charge is 0.204 e. The number of halogens is 1. The Morgan fingerprint density at radius 2 is 2.12 bits per heavy atom. The number of hydrogen-bond acceptors (Lipinski definition) is 4. The second kappa shape index (κ2) is 3.97. The molecule has 0 atom stereocenters. The predicted molar refractivity (Wildman–Crippen MR) is 66.3 cm³/mol. The van der Waals surface area contributed by atoms with Crippen LogP contribution < -0.4 is 5.73 Å². The summed E-state index contributed by atoms with van der Waals surface area (Å²) in [5.74, 6) is 1.32. The topological polar surface area (TPSA) is 69.3 Å². The highest BCUT2D eigenvalue weighted by atomic mass is 79.9. The maximum absolute atomic E-state index is 5.71. The molecule has 0 amide bonds. The summed E-state index contributed by atoms with van der Waals surface area (Å²) in [4.78, 5) is 0. The second-order valence-corrected chi connectivity index (χ2v) is 4.32. The number of aromatic nitrogens is 3. The Morgan fingerprint density at radius 3 is 2.82 bits per heavy atom. The molecule has 0 saturated heterocycles. The van der Waals surface area contributed by atoms with E-state index >= 15 is 0 Å². The van der Waals surface area contributed by atoms with E-state index in [0.717, 1.165) is 11.3 Å². The normalized spacial score (nSPS) is 11.2. The fraction of sp³-hybridized carbons (Fsp3) is 0.0909. The standard InChI is InChI=1S/C11H9BrN4O/c12-9-5-4-8(17-9)11-15-14-10-3-1-2-7(6-13)16(10)11/h1-5H,6,13H2. The summed E-state index contributed by atoms with van der Waals surface area (Å²) in [5.41, 5.74) is 7.41. The van der Waals surface area contributed by atoms with E-state index in [4.69, 9.17) is 10.2 Å². The highest BCUT2D eigenvalue weighted by Crippen LogP contribution is 2.24. The highest BCUT2D eigenvalue weighted by molar-refractivity contribution is 9.10. The van der Waals surface area contributed by atoms with Gasteiger partial charge < -0.3 is 10.2 Å². The van der Waals surface area contributed by atoms with E-state index < -0.39 is 0 Å². The average molecular weight is 293 g/mol. The first-order chi connectivity index (χ1) is 8.29. The summed E-state index contributed by atoms with van der Waals surface area (Å²) in [6.07, 6.45) is 0. The molecule has 5 nitrogen and oxygen atoms in total. The van der Waals surface area contributed by atoms with Crippen LogP contribution in [-0.2, 0) is 6.54 Å². The van der Waals surface area contributed by atoms with Crippen LogP contribution in [0.3, 0.4) is 0 Å². The maximum Gasteiger partial charge on any atom is 0.204 e. The Kier molecular flexibility index (Phi) is 2.45. The molecule has 0 saturated carbocycles. The molecule has 3 heterocycles. The third-order valence-electron chi connectivity index (χ3n) is 2.51. The van der Waals surface area contributed by atoms with Gasteiger partial charge in [0.15, 0.2) is 16.1 Å². The van der Waals surface area contributed by atoms with Gasteiger partial charge in [-0.2, -0.15) is 0 Å². The van der Waals surface area contributed by atoms with Gasteiger partial charge in [-0.15, -0.1) is 10.2 Å². The zero-order chi connectivity index (χ0) is 11.8. The van der Waals surface area contributed by atoms with E-state index in [1.165, 1.54) is 0 Å². The molecule has 0 bridgehead atoms. The fourth-order valence-electron chi connectivity index (χ4n) is 1.76. The van der Waals surface area contributed by atoms with Crippen LogP contribution in [0.15, 0.2) is 39.4 Å². The van der Waals surface area contributed by atoms with Gasteiger partial charge >= 0.3 is 0 Å². The number of nitrogens with zero attached hydrogens (tertiary/aromatic N) is 3. The molecule has 0 radical (unpaired) electrons. The van der Waals surface area contributed by atoms with Crippen molar-refractivity contribution in [2.24, 2.45) is 5.73 Å². The number of pyridine rings is 1. The van der Waals surface area contributed by atoms with Crippen LogP contribution in [0.1, 0.15) is 5.69 Å². The van der Waals surface area contributed by atoms with Crippen LogP contribution in [0.25, 0.3) is 17.2 Å². The van der Waals surface area contributed by atoms with Crippen molar-refractivity contribution < 1.29 is 4.42 Å². The molecule has 0 aliphatic heterocycles. The van der Waals surface area contributed by atoms with Gasteiger partial charge in [-0.05, 0) is 40.2 Å². The molecule has 3 aromatic rings. The minimum atomic E-state index is 0.421. The maximum atomic E-state index is 5.71. The van der Waals surface area contributed by atoms with Crippen molar-refractivity contribution in [1.29, 1.82) is 0 Å². The minimum absolute atomic E-state index is 0.421. The number of fused-ring (bicyclic) bond motifs is 1. The van der Waals surface area contributed by atoms with Crippen molar-refractivity contribution in [3.8, 4) is 11.6 Å². The summed E-state index contributed by atoms with van der Waals surface area (Å²) in [5, 5.41) is 8.23. The van der Waals surface area contributed by atoms with Crippen molar-refractivity contribution in [2.45, 2.75) is 6.54 Å². The van der Waals surface area contributed by atoms with Crippen molar-refractivity contribution >= 4 is 21.6 Å². The summed E-state index contributed by atoms with van der Waals surface area (Å²) in [7, 11) is 0. The molecule has 17 heavy (non-hydrogen) atoms. The lowest BCUT2D eigenvalue weighted by atomic mass is 10.3. The average Bonchev–Trinajstić information content (AvgIpc) is 2.94. The van der Waals surface area contributed by atoms with Gasteiger partial charge in [0, 0.05) is 12.2 Å². The monoisotopic (exact) mass is 292 g/mol. The third-order valence-corrected chi connectivity index (χ3v) is 2.94. The Balaban J connectivity index is 2.30. The van der Waals surface area contributed by atoms with Crippen molar-refractivity contribution in [1.82, 2.24) is 14.6 Å². The summed E-state index contributed by atoms with van der Waals surface area (Å²) in [6, 6.07) is 9.40. The van der Waals surface area contributed by atoms with Crippen molar-refractivity contribution in [3.63, 3.8) is 0 Å². The fourth-order valence-corrected chi connectivity index (χ4v) is 2.07. The summed E-state index contributed by atoms with van der Waals surface area (Å²) >= 11 is 3.27. The minimum Gasteiger partial charge on any atom is -0.446 e. The van der Waals surface area contributed by atoms with E-state index in [9.17, 15) is 0 Å². The van der Waals surface area contributed by atoms with Crippen LogP contribution in [0.4, 0.5) is 0 Å². The second-order valence-electron chi connectivity index (χ2n) is 3.54. The number of rotatable bonds is 2. The van der Waals surface area contributed by atoms with E-state index in [-0.39, 0.29) is 0 Å². The van der Waals surface area contributed by atoms with Gasteiger partial charge in [0.2, 0.25) is 5.82 Å². The Labute approximate surface area is 105 Å². The first kappa shape index (κ1) is 10.5. The van der Waals surface area contributed by atoms with E-state index in [1.807, 2.05) is 34.7 Å². The van der Waals surface area contributed by atoms with Crippen LogP contribution in [0.2, 0.25) is 0 Å². The molecule has 0 aliphatic rings. The number of hydrogen-bond donors (Lipinski definition) is 1. The Morgan fingerprint density at radius 1 is 1.24 bits per heavy atom. The predicted octanol–water partition coefficient (Wildman–Crippen LogP) is 2.21. The number of furan rings is 1. The van der Waals surface area contributed by atoms with Gasteiger partial charge in [-0.3, -0.25) is 4.40 Å². The molecule has 0 spiro atoms. The Hall–Kier alpha value is -1.66. The molecule has 3 aromatic heterocycles. The third kappa shape index (κ3) is 1.65. The molecule has 6 heteroatoms. The van der Waals surface area contributed by atoms with Gasteiger partial charge in [-0.25, -0.2) is 0 Å². The summed E-state index contributed by atoms with van der Waals surface area (Å²) < 4.78 is 8.04. The molecule has 0 unspecified atom stereocenters. The molecule has 0 fully saturated rings. The zero-order valence-electron chi connectivity index (χ0n) is 8.80.